The van der Waals surface area contributed by atoms with Crippen molar-refractivity contribution < 1.29 is 14.7 Å². The molecule has 1 heterocycles. The molecule has 2 amide bonds. The van der Waals surface area contributed by atoms with Gasteiger partial charge < -0.3 is 15.3 Å². The number of piperidine rings is 1. The second-order valence-corrected chi connectivity index (χ2v) is 6.01. The SMILES string of the molecule is CC(C)C[C@H](NC(=O)N1[C@H](C)CCC[C@@H]1C)C(=O)O. The predicted molar refractivity (Wildman–Crippen MR) is 74.0 cm³/mol. The van der Waals surface area contributed by atoms with E-state index in [1.54, 1.807) is 4.90 Å². The summed E-state index contributed by atoms with van der Waals surface area (Å²) in [5.41, 5.74) is 0. The van der Waals surface area contributed by atoms with Crippen molar-refractivity contribution in [3.8, 4) is 0 Å². The maximum absolute atomic E-state index is 12.3. The van der Waals surface area contributed by atoms with Crippen LogP contribution in [-0.2, 0) is 4.79 Å². The molecule has 110 valence electrons. The third kappa shape index (κ3) is 4.40. The number of carbonyl (C=O) groups is 2. The van der Waals surface area contributed by atoms with Crippen LogP contribution in [-0.4, -0.2) is 40.1 Å². The topological polar surface area (TPSA) is 69.6 Å². The Labute approximate surface area is 115 Å². The van der Waals surface area contributed by atoms with Crippen molar-refractivity contribution in [1.82, 2.24) is 10.2 Å². The number of hydrogen-bond acceptors (Lipinski definition) is 2. The van der Waals surface area contributed by atoms with E-state index in [1.165, 1.54) is 0 Å². The average molecular weight is 270 g/mol. The number of amides is 2. The lowest BCUT2D eigenvalue weighted by Gasteiger charge is -2.39. The number of likely N-dealkylation sites (tertiary alicyclic amines) is 1. The number of nitrogens with zero attached hydrogens (tertiary/aromatic N) is 1. The largest absolute Gasteiger partial charge is 0.480 e. The Bertz CT molecular complexity index is 321. The zero-order valence-corrected chi connectivity index (χ0v) is 12.3. The number of hydrogen-bond donors (Lipinski definition) is 2. The molecule has 19 heavy (non-hydrogen) atoms. The van der Waals surface area contributed by atoms with Crippen LogP contribution in [0.1, 0.15) is 53.4 Å². The number of carboxylic acids is 1. The molecule has 5 nitrogen and oxygen atoms in total. The van der Waals surface area contributed by atoms with Gasteiger partial charge in [-0.1, -0.05) is 13.8 Å². The van der Waals surface area contributed by atoms with Gasteiger partial charge in [-0.3, -0.25) is 0 Å². The van der Waals surface area contributed by atoms with Gasteiger partial charge in [0.2, 0.25) is 0 Å². The second-order valence-electron chi connectivity index (χ2n) is 6.01. The van der Waals surface area contributed by atoms with Crippen LogP contribution in [0.15, 0.2) is 0 Å². The summed E-state index contributed by atoms with van der Waals surface area (Å²) in [6, 6.07) is -0.684. The Morgan fingerprint density at radius 2 is 1.79 bits per heavy atom. The average Bonchev–Trinajstić information content (AvgIpc) is 2.27. The molecule has 1 saturated heterocycles. The van der Waals surface area contributed by atoms with Gasteiger partial charge in [0.1, 0.15) is 6.04 Å². The molecular formula is C14H26N2O3. The number of urea groups is 1. The molecule has 3 atom stereocenters. The normalized spacial score (nSPS) is 25.2. The van der Waals surface area contributed by atoms with Gasteiger partial charge in [0, 0.05) is 12.1 Å². The molecule has 1 rings (SSSR count). The first-order valence-corrected chi connectivity index (χ1v) is 7.14. The van der Waals surface area contributed by atoms with Crippen LogP contribution < -0.4 is 5.32 Å². The van der Waals surface area contributed by atoms with E-state index in [0.29, 0.717) is 6.42 Å². The minimum absolute atomic E-state index is 0.178. The van der Waals surface area contributed by atoms with Gasteiger partial charge in [-0.25, -0.2) is 9.59 Å². The van der Waals surface area contributed by atoms with E-state index in [0.717, 1.165) is 19.3 Å². The van der Waals surface area contributed by atoms with Crippen LogP contribution in [0.3, 0.4) is 0 Å². The lowest BCUT2D eigenvalue weighted by molar-refractivity contribution is -0.139. The highest BCUT2D eigenvalue weighted by Gasteiger charge is 2.31. The molecule has 0 aromatic rings. The Morgan fingerprint density at radius 3 is 2.21 bits per heavy atom. The molecule has 0 unspecified atom stereocenters. The Balaban J connectivity index is 2.67. The number of carbonyl (C=O) groups excluding carboxylic acids is 1. The molecule has 0 aliphatic carbocycles. The molecule has 5 heteroatoms. The maximum Gasteiger partial charge on any atom is 0.326 e. The predicted octanol–water partition coefficient (Wildman–Crippen LogP) is 2.46. The third-order valence-corrected chi connectivity index (χ3v) is 3.73. The minimum Gasteiger partial charge on any atom is -0.480 e. The van der Waals surface area contributed by atoms with Gasteiger partial charge >= 0.3 is 12.0 Å². The summed E-state index contributed by atoms with van der Waals surface area (Å²) in [5.74, 6) is -0.725. The van der Waals surface area contributed by atoms with Gasteiger partial charge in [0.05, 0.1) is 0 Å². The van der Waals surface area contributed by atoms with Gasteiger partial charge in [-0.2, -0.15) is 0 Å². The standard InChI is InChI=1S/C14H26N2O3/c1-9(2)8-12(13(17)18)15-14(19)16-10(3)6-5-7-11(16)4/h9-12H,5-8H2,1-4H3,(H,15,19)(H,17,18)/t10-,11+,12-/m0/s1. The highest BCUT2D eigenvalue weighted by atomic mass is 16.4. The van der Waals surface area contributed by atoms with Crippen LogP contribution in [0.2, 0.25) is 0 Å². The number of rotatable bonds is 4. The van der Waals surface area contributed by atoms with Crippen molar-refractivity contribution in [3.05, 3.63) is 0 Å². The van der Waals surface area contributed by atoms with E-state index >= 15 is 0 Å². The van der Waals surface area contributed by atoms with E-state index in [9.17, 15) is 9.59 Å². The fourth-order valence-electron chi connectivity index (χ4n) is 2.74. The summed E-state index contributed by atoms with van der Waals surface area (Å²) in [6.45, 7) is 7.95. The first kappa shape index (κ1) is 15.8. The van der Waals surface area contributed by atoms with E-state index in [1.807, 2.05) is 27.7 Å². The fourth-order valence-corrected chi connectivity index (χ4v) is 2.74. The van der Waals surface area contributed by atoms with Crippen LogP contribution >= 0.6 is 0 Å². The molecule has 0 saturated carbocycles. The summed E-state index contributed by atoms with van der Waals surface area (Å²) in [4.78, 5) is 25.2. The first-order valence-electron chi connectivity index (χ1n) is 7.14. The van der Waals surface area contributed by atoms with Crippen LogP contribution in [0.5, 0.6) is 0 Å². The lowest BCUT2D eigenvalue weighted by Crippen LogP contribution is -2.55. The van der Waals surface area contributed by atoms with Gasteiger partial charge in [-0.05, 0) is 45.4 Å². The van der Waals surface area contributed by atoms with Crippen molar-refractivity contribution in [3.63, 3.8) is 0 Å². The van der Waals surface area contributed by atoms with Crippen molar-refractivity contribution in [2.75, 3.05) is 0 Å². The number of aliphatic carboxylic acids is 1. The van der Waals surface area contributed by atoms with Crippen LogP contribution in [0.4, 0.5) is 4.79 Å². The van der Waals surface area contributed by atoms with Crippen molar-refractivity contribution in [2.24, 2.45) is 5.92 Å². The van der Waals surface area contributed by atoms with Gasteiger partial charge in [0.25, 0.3) is 0 Å². The molecule has 0 aromatic carbocycles. The fraction of sp³-hybridized carbons (Fsp3) is 0.857. The molecular weight excluding hydrogens is 244 g/mol. The first-order chi connectivity index (χ1) is 8.82. The smallest absolute Gasteiger partial charge is 0.326 e. The Kier molecular flexibility index (Phi) is 5.63. The molecule has 1 aliphatic rings. The zero-order valence-electron chi connectivity index (χ0n) is 12.3. The summed E-state index contributed by atoms with van der Waals surface area (Å²) >= 11 is 0. The second kappa shape index (κ2) is 6.78. The van der Waals surface area contributed by atoms with Crippen molar-refractivity contribution in [2.45, 2.75) is 71.5 Å². The highest BCUT2D eigenvalue weighted by molar-refractivity contribution is 5.82. The summed E-state index contributed by atoms with van der Waals surface area (Å²) in [6.07, 6.45) is 3.55. The molecule has 0 bridgehead atoms. The molecule has 0 radical (unpaired) electrons. The van der Waals surface area contributed by atoms with Crippen molar-refractivity contribution in [1.29, 1.82) is 0 Å². The molecule has 0 spiro atoms. The summed E-state index contributed by atoms with van der Waals surface area (Å²) < 4.78 is 0. The van der Waals surface area contributed by atoms with Gasteiger partial charge in [0.15, 0.2) is 0 Å². The van der Waals surface area contributed by atoms with E-state index < -0.39 is 12.0 Å². The quantitative estimate of drug-likeness (QED) is 0.824. The molecule has 2 N–H and O–H groups in total. The van der Waals surface area contributed by atoms with E-state index in [2.05, 4.69) is 5.32 Å². The monoisotopic (exact) mass is 270 g/mol. The Hall–Kier alpha value is -1.26. The molecule has 1 aliphatic heterocycles. The molecule has 0 aromatic heterocycles. The van der Waals surface area contributed by atoms with Crippen LogP contribution in [0.25, 0.3) is 0 Å². The van der Waals surface area contributed by atoms with Crippen molar-refractivity contribution >= 4 is 12.0 Å². The Morgan fingerprint density at radius 1 is 1.26 bits per heavy atom. The van der Waals surface area contributed by atoms with E-state index in [-0.39, 0.29) is 24.0 Å². The van der Waals surface area contributed by atoms with Gasteiger partial charge in [-0.15, -0.1) is 0 Å². The third-order valence-electron chi connectivity index (χ3n) is 3.73. The number of nitrogens with one attached hydrogen (secondary N) is 1. The highest BCUT2D eigenvalue weighted by Crippen LogP contribution is 2.22. The molecule has 1 fully saturated rings. The maximum atomic E-state index is 12.3. The summed E-state index contributed by atoms with van der Waals surface area (Å²) in [7, 11) is 0. The lowest BCUT2D eigenvalue weighted by atomic mass is 9.98. The van der Waals surface area contributed by atoms with Crippen LogP contribution in [0, 0.1) is 5.92 Å². The minimum atomic E-state index is -0.959. The number of carboxylic acid groups (broad SMARTS) is 1. The summed E-state index contributed by atoms with van der Waals surface area (Å²) in [5, 5.41) is 11.8. The van der Waals surface area contributed by atoms with E-state index in [4.69, 9.17) is 5.11 Å². The zero-order chi connectivity index (χ0) is 14.6.